The minimum absolute atomic E-state index is 0.0771. The average Bonchev–Trinajstić information content (AvgIpc) is 3.45. The van der Waals surface area contributed by atoms with Crippen molar-refractivity contribution in [2.75, 3.05) is 11.9 Å². The zero-order chi connectivity index (χ0) is 36.1. The Kier molecular flexibility index (Phi) is 6.94. The molecule has 2 heteroatoms. The molecule has 0 saturated carbocycles. The second kappa shape index (κ2) is 11.8. The second-order valence-electron chi connectivity index (χ2n) is 15.7. The van der Waals surface area contributed by atoms with Crippen LogP contribution < -0.4 is 4.90 Å². The topological polar surface area (TPSA) is 3.24 Å². The van der Waals surface area contributed by atoms with Crippen LogP contribution in [0.1, 0.15) is 30.9 Å². The van der Waals surface area contributed by atoms with Crippen molar-refractivity contribution in [2.45, 2.75) is 35.0 Å². The molecule has 0 fully saturated rings. The smallest absolute Gasteiger partial charge is 0.0556 e. The summed E-state index contributed by atoms with van der Waals surface area (Å²) in [6.45, 7) is 4.84. The Labute approximate surface area is 321 Å². The first-order chi connectivity index (χ1) is 26.5. The molecule has 8 aromatic rings. The Balaban J connectivity index is 1.20. The van der Waals surface area contributed by atoms with Gasteiger partial charge in [-0.25, -0.2) is 0 Å². The average molecular weight is 710 g/mol. The summed E-state index contributed by atoms with van der Waals surface area (Å²) < 4.78 is 0. The molecular weight excluding hydrogens is 671 g/mol. The molecule has 1 aliphatic heterocycles. The molecule has 0 amide bonds. The fourth-order valence-corrected chi connectivity index (χ4v) is 11.0. The van der Waals surface area contributed by atoms with Gasteiger partial charge in [-0.2, -0.15) is 0 Å². The monoisotopic (exact) mass is 709 g/mol. The summed E-state index contributed by atoms with van der Waals surface area (Å²) in [7, 11) is 2.20. The van der Waals surface area contributed by atoms with E-state index in [0.29, 0.717) is 11.8 Å². The van der Waals surface area contributed by atoms with E-state index in [1.807, 2.05) is 11.8 Å². The van der Waals surface area contributed by atoms with Crippen molar-refractivity contribution in [1.29, 1.82) is 0 Å². The predicted molar refractivity (Wildman–Crippen MR) is 231 cm³/mol. The quantitative estimate of drug-likeness (QED) is 0.168. The molecular formula is C52H39NS. The van der Waals surface area contributed by atoms with Gasteiger partial charge in [0.25, 0.3) is 0 Å². The Hall–Kier alpha value is -5.83. The van der Waals surface area contributed by atoms with Crippen molar-refractivity contribution in [3.05, 3.63) is 181 Å². The van der Waals surface area contributed by atoms with Gasteiger partial charge in [0.2, 0.25) is 0 Å². The second-order valence-corrected chi connectivity index (χ2v) is 16.8. The Bertz CT molecular complexity index is 2920. The van der Waals surface area contributed by atoms with E-state index in [9.17, 15) is 0 Å². The standard InChI is InChI=1S/C52H39NS/c1-52(2)44-20-9-8-16-38(44)42-30-34(24-27-45(42)52)51-40-18-7-6-17-39(40)50(35-25-28-49-47(31-35)53(3)46-21-10-11-22-48(46)54-49)41-26-23-33(29-43(41)51)37-19-12-14-32-13-4-5-15-36(32)37/h4-31,38,44H,1-3H3. The Morgan fingerprint density at radius 1 is 0.519 bits per heavy atom. The number of hydrogen-bond donors (Lipinski definition) is 0. The van der Waals surface area contributed by atoms with Crippen LogP contribution in [0.5, 0.6) is 0 Å². The molecule has 0 bridgehead atoms. The highest BCUT2D eigenvalue weighted by Gasteiger charge is 2.44. The number of anilines is 2. The fraction of sp³-hybridized carbons (Fsp3) is 0.115. The van der Waals surface area contributed by atoms with Crippen LogP contribution in [-0.2, 0) is 5.41 Å². The lowest BCUT2D eigenvalue weighted by atomic mass is 9.74. The molecule has 2 atom stereocenters. The van der Waals surface area contributed by atoms with Crippen LogP contribution in [0.2, 0.25) is 0 Å². The van der Waals surface area contributed by atoms with E-state index in [1.165, 1.54) is 98.0 Å². The van der Waals surface area contributed by atoms with E-state index in [-0.39, 0.29) is 5.41 Å². The van der Waals surface area contributed by atoms with Crippen LogP contribution in [0.25, 0.3) is 65.7 Å². The molecule has 1 nitrogen and oxygen atoms in total. The molecule has 258 valence electrons. The number of nitrogens with zero attached hydrogens (tertiary/aromatic N) is 1. The molecule has 11 rings (SSSR count). The predicted octanol–water partition coefficient (Wildman–Crippen LogP) is 14.5. The lowest BCUT2D eigenvalue weighted by Gasteiger charge is -2.30. The highest BCUT2D eigenvalue weighted by molar-refractivity contribution is 7.99. The summed E-state index contributed by atoms with van der Waals surface area (Å²) in [5, 5.41) is 7.67. The third-order valence-electron chi connectivity index (χ3n) is 12.5. The van der Waals surface area contributed by atoms with E-state index >= 15 is 0 Å². The summed E-state index contributed by atoms with van der Waals surface area (Å²) in [6, 6.07) is 54.9. The number of allylic oxidation sites excluding steroid dienone is 4. The van der Waals surface area contributed by atoms with Gasteiger partial charge in [-0.1, -0.05) is 165 Å². The molecule has 1 heterocycles. The zero-order valence-electron chi connectivity index (χ0n) is 30.7. The van der Waals surface area contributed by atoms with Gasteiger partial charge >= 0.3 is 0 Å². The number of para-hydroxylation sites is 1. The molecule has 54 heavy (non-hydrogen) atoms. The van der Waals surface area contributed by atoms with Gasteiger partial charge in [0, 0.05) is 22.8 Å². The summed E-state index contributed by atoms with van der Waals surface area (Å²) in [5.74, 6) is 0.854. The number of rotatable bonds is 3. The van der Waals surface area contributed by atoms with Crippen molar-refractivity contribution in [3.8, 4) is 33.4 Å². The molecule has 0 aromatic heterocycles. The Morgan fingerprint density at radius 2 is 1.17 bits per heavy atom. The van der Waals surface area contributed by atoms with Crippen LogP contribution >= 0.6 is 11.8 Å². The SMILES string of the molecule is CN1c2ccccc2Sc2ccc(-c3c4ccccc4c(-c4ccc5c(c4)C4C=CC=CC4C5(C)C)c4cc(-c5cccc6ccccc56)ccc34)cc21. The first-order valence-electron chi connectivity index (χ1n) is 19.1. The number of hydrogen-bond acceptors (Lipinski definition) is 2. The molecule has 0 saturated heterocycles. The zero-order valence-corrected chi connectivity index (χ0v) is 31.5. The normalized spacial score (nSPS) is 17.8. The fourth-order valence-electron chi connectivity index (χ4n) is 9.89. The van der Waals surface area contributed by atoms with Gasteiger partial charge in [0.1, 0.15) is 0 Å². The van der Waals surface area contributed by atoms with E-state index < -0.39 is 0 Å². The van der Waals surface area contributed by atoms with E-state index in [4.69, 9.17) is 0 Å². The molecule has 0 radical (unpaired) electrons. The number of fused-ring (bicyclic) bond motifs is 8. The third-order valence-corrected chi connectivity index (χ3v) is 13.7. The van der Waals surface area contributed by atoms with E-state index in [2.05, 4.69) is 196 Å². The van der Waals surface area contributed by atoms with Crippen molar-refractivity contribution >= 4 is 55.5 Å². The van der Waals surface area contributed by atoms with Gasteiger partial charge < -0.3 is 4.90 Å². The van der Waals surface area contributed by atoms with Gasteiger partial charge in [-0.05, 0) is 118 Å². The van der Waals surface area contributed by atoms with Crippen molar-refractivity contribution in [1.82, 2.24) is 0 Å². The minimum atomic E-state index is 0.0771. The summed E-state index contributed by atoms with van der Waals surface area (Å²) in [4.78, 5) is 4.94. The summed E-state index contributed by atoms with van der Waals surface area (Å²) in [5.41, 5.74) is 13.1. The van der Waals surface area contributed by atoms with Crippen molar-refractivity contribution in [2.24, 2.45) is 5.92 Å². The van der Waals surface area contributed by atoms with E-state index in [0.717, 1.165) is 0 Å². The van der Waals surface area contributed by atoms with Crippen LogP contribution in [-0.4, -0.2) is 7.05 Å². The summed E-state index contributed by atoms with van der Waals surface area (Å²) in [6.07, 6.45) is 9.32. The van der Waals surface area contributed by atoms with Crippen molar-refractivity contribution < 1.29 is 0 Å². The maximum atomic E-state index is 2.53. The van der Waals surface area contributed by atoms with Gasteiger partial charge in [-0.3, -0.25) is 0 Å². The first-order valence-corrected chi connectivity index (χ1v) is 19.9. The van der Waals surface area contributed by atoms with Gasteiger partial charge in [-0.15, -0.1) is 0 Å². The van der Waals surface area contributed by atoms with E-state index in [1.54, 1.807) is 0 Å². The van der Waals surface area contributed by atoms with Gasteiger partial charge in [0.15, 0.2) is 0 Å². The number of benzene rings is 8. The molecule has 2 unspecified atom stereocenters. The highest BCUT2D eigenvalue weighted by atomic mass is 32.2. The highest BCUT2D eigenvalue weighted by Crippen LogP contribution is 2.55. The molecule has 2 aliphatic carbocycles. The van der Waals surface area contributed by atoms with Crippen molar-refractivity contribution in [3.63, 3.8) is 0 Å². The lowest BCUT2D eigenvalue weighted by Crippen LogP contribution is -2.24. The largest absolute Gasteiger partial charge is 0.343 e. The minimum Gasteiger partial charge on any atom is -0.343 e. The van der Waals surface area contributed by atoms with Crippen LogP contribution in [0, 0.1) is 5.92 Å². The third kappa shape index (κ3) is 4.60. The molecule has 3 aliphatic rings. The maximum Gasteiger partial charge on any atom is 0.0556 e. The molecule has 0 N–H and O–H groups in total. The van der Waals surface area contributed by atoms with Crippen LogP contribution in [0.4, 0.5) is 11.4 Å². The van der Waals surface area contributed by atoms with Crippen LogP contribution in [0.3, 0.4) is 0 Å². The maximum absolute atomic E-state index is 2.53. The lowest BCUT2D eigenvalue weighted by molar-refractivity contribution is 0.394. The molecule has 8 aromatic carbocycles. The first kappa shape index (κ1) is 31.7. The Morgan fingerprint density at radius 3 is 2.04 bits per heavy atom. The van der Waals surface area contributed by atoms with Gasteiger partial charge in [0.05, 0.1) is 11.4 Å². The molecule has 0 spiro atoms. The summed E-state index contributed by atoms with van der Waals surface area (Å²) >= 11 is 1.86. The van der Waals surface area contributed by atoms with Crippen LogP contribution in [0.15, 0.2) is 180 Å².